The molecular weight excluding hydrogens is 440 g/mol. The lowest BCUT2D eigenvalue weighted by Gasteiger charge is -2.11. The predicted octanol–water partition coefficient (Wildman–Crippen LogP) is 4.93. The van der Waals surface area contributed by atoms with Crippen LogP contribution >= 0.6 is 27.3 Å². The van der Waals surface area contributed by atoms with E-state index in [-0.39, 0.29) is 12.3 Å². The standard InChI is InChI=1S/C20H17BrN4O2S/c1-11-8-15-16(24-27-17(15)9-12(11)2)10-18(26)25(3)20-23-22-19(28-20)13-4-6-14(21)7-5-13/h4-9H,10H2,1-3H3. The first-order valence-corrected chi connectivity index (χ1v) is 10.2. The number of fused-ring (bicyclic) bond motifs is 1. The number of aryl methyl sites for hydroxylation is 2. The van der Waals surface area contributed by atoms with Crippen LogP contribution in [-0.2, 0) is 11.2 Å². The zero-order chi connectivity index (χ0) is 19.8. The Morgan fingerprint density at radius 1 is 1.14 bits per heavy atom. The van der Waals surface area contributed by atoms with E-state index in [1.807, 2.05) is 50.2 Å². The third kappa shape index (κ3) is 3.57. The first-order chi connectivity index (χ1) is 13.4. The molecule has 0 unspecified atom stereocenters. The molecule has 2 heterocycles. The van der Waals surface area contributed by atoms with E-state index >= 15 is 0 Å². The molecule has 6 nitrogen and oxygen atoms in total. The largest absolute Gasteiger partial charge is 0.356 e. The van der Waals surface area contributed by atoms with Gasteiger partial charge in [0.1, 0.15) is 10.7 Å². The molecule has 2 aromatic carbocycles. The van der Waals surface area contributed by atoms with Crippen molar-refractivity contribution in [1.29, 1.82) is 0 Å². The van der Waals surface area contributed by atoms with Crippen LogP contribution in [0.25, 0.3) is 21.5 Å². The Kier molecular flexibility index (Phi) is 4.99. The van der Waals surface area contributed by atoms with E-state index in [1.54, 1.807) is 7.05 Å². The van der Waals surface area contributed by atoms with Crippen molar-refractivity contribution >= 4 is 49.3 Å². The topological polar surface area (TPSA) is 72.1 Å². The number of carbonyl (C=O) groups is 1. The van der Waals surface area contributed by atoms with Crippen molar-refractivity contribution < 1.29 is 9.32 Å². The molecule has 0 saturated carbocycles. The third-order valence-corrected chi connectivity index (χ3v) is 6.22. The summed E-state index contributed by atoms with van der Waals surface area (Å²) in [6.07, 6.45) is 0.138. The number of hydrogen-bond acceptors (Lipinski definition) is 6. The minimum atomic E-state index is -0.119. The van der Waals surface area contributed by atoms with Gasteiger partial charge in [-0.15, -0.1) is 10.2 Å². The predicted molar refractivity (Wildman–Crippen MR) is 114 cm³/mol. The molecule has 0 aliphatic rings. The second-order valence-corrected chi connectivity index (χ2v) is 8.46. The van der Waals surface area contributed by atoms with Crippen LogP contribution in [-0.4, -0.2) is 28.3 Å². The molecule has 0 bridgehead atoms. The number of nitrogens with zero attached hydrogens (tertiary/aromatic N) is 4. The van der Waals surface area contributed by atoms with Gasteiger partial charge in [0.05, 0.1) is 6.42 Å². The molecule has 8 heteroatoms. The Bertz CT molecular complexity index is 1170. The zero-order valence-corrected chi connectivity index (χ0v) is 18.0. The summed E-state index contributed by atoms with van der Waals surface area (Å²) in [5.74, 6) is -0.119. The third-order valence-electron chi connectivity index (χ3n) is 4.65. The normalized spacial score (nSPS) is 11.1. The van der Waals surface area contributed by atoms with E-state index in [0.717, 1.165) is 31.6 Å². The molecule has 1 amide bonds. The van der Waals surface area contributed by atoms with Crippen LogP contribution in [0.2, 0.25) is 0 Å². The fraction of sp³-hybridized carbons (Fsp3) is 0.200. The monoisotopic (exact) mass is 456 g/mol. The Morgan fingerprint density at radius 3 is 2.61 bits per heavy atom. The second-order valence-electron chi connectivity index (χ2n) is 6.59. The minimum Gasteiger partial charge on any atom is -0.356 e. The van der Waals surface area contributed by atoms with Crippen LogP contribution in [0.1, 0.15) is 16.8 Å². The Balaban J connectivity index is 1.54. The van der Waals surface area contributed by atoms with Crippen molar-refractivity contribution in [3.63, 3.8) is 0 Å². The molecule has 142 valence electrons. The second kappa shape index (κ2) is 7.44. The average Bonchev–Trinajstić information content (AvgIpc) is 3.30. The molecule has 0 radical (unpaired) electrons. The molecular formula is C20H17BrN4O2S. The first kappa shape index (κ1) is 18.8. The number of anilines is 1. The molecule has 4 rings (SSSR count). The molecule has 4 aromatic rings. The van der Waals surface area contributed by atoms with Crippen LogP contribution in [0.5, 0.6) is 0 Å². The summed E-state index contributed by atoms with van der Waals surface area (Å²) in [7, 11) is 1.70. The van der Waals surface area contributed by atoms with Gasteiger partial charge in [0.15, 0.2) is 5.58 Å². The zero-order valence-electron chi connectivity index (χ0n) is 15.6. The van der Waals surface area contributed by atoms with Gasteiger partial charge in [-0.3, -0.25) is 9.69 Å². The lowest BCUT2D eigenvalue weighted by molar-refractivity contribution is -0.117. The maximum absolute atomic E-state index is 12.8. The summed E-state index contributed by atoms with van der Waals surface area (Å²) in [5.41, 5.74) is 4.56. The SMILES string of the molecule is Cc1cc2onc(CC(=O)N(C)c3nnc(-c4ccc(Br)cc4)s3)c2cc1C. The van der Waals surface area contributed by atoms with Crippen molar-refractivity contribution in [3.05, 3.63) is 57.7 Å². The van der Waals surface area contributed by atoms with E-state index in [9.17, 15) is 4.79 Å². The van der Waals surface area contributed by atoms with Crippen LogP contribution < -0.4 is 4.90 Å². The molecule has 0 aliphatic carbocycles. The maximum Gasteiger partial charge on any atom is 0.234 e. The van der Waals surface area contributed by atoms with Gasteiger partial charge in [0.2, 0.25) is 11.0 Å². The van der Waals surface area contributed by atoms with Gasteiger partial charge in [0.25, 0.3) is 0 Å². The summed E-state index contributed by atoms with van der Waals surface area (Å²) < 4.78 is 6.39. The van der Waals surface area contributed by atoms with Crippen LogP contribution in [0, 0.1) is 13.8 Å². The fourth-order valence-corrected chi connectivity index (χ4v) is 3.89. The van der Waals surface area contributed by atoms with Gasteiger partial charge < -0.3 is 4.52 Å². The number of halogens is 1. The van der Waals surface area contributed by atoms with Gasteiger partial charge in [-0.25, -0.2) is 0 Å². The van der Waals surface area contributed by atoms with E-state index in [4.69, 9.17) is 4.52 Å². The Hall–Kier alpha value is -2.58. The fourth-order valence-electron chi connectivity index (χ4n) is 2.80. The molecule has 0 atom stereocenters. The van der Waals surface area contributed by atoms with Gasteiger partial charge >= 0.3 is 0 Å². The molecule has 0 fully saturated rings. The number of hydrogen-bond donors (Lipinski definition) is 0. The van der Waals surface area contributed by atoms with Crippen molar-refractivity contribution in [2.45, 2.75) is 20.3 Å². The quantitative estimate of drug-likeness (QED) is 0.435. The highest BCUT2D eigenvalue weighted by Gasteiger charge is 2.20. The summed E-state index contributed by atoms with van der Waals surface area (Å²) in [6.45, 7) is 4.05. The number of benzene rings is 2. The van der Waals surface area contributed by atoms with Gasteiger partial charge in [-0.2, -0.15) is 0 Å². The lowest BCUT2D eigenvalue weighted by Crippen LogP contribution is -2.27. The van der Waals surface area contributed by atoms with E-state index in [2.05, 4.69) is 31.3 Å². The van der Waals surface area contributed by atoms with Crippen LogP contribution in [0.4, 0.5) is 5.13 Å². The smallest absolute Gasteiger partial charge is 0.234 e. The Morgan fingerprint density at radius 2 is 1.86 bits per heavy atom. The lowest BCUT2D eigenvalue weighted by atomic mass is 10.1. The van der Waals surface area contributed by atoms with Crippen molar-refractivity contribution in [3.8, 4) is 10.6 Å². The van der Waals surface area contributed by atoms with Gasteiger partial charge in [-0.1, -0.05) is 44.6 Å². The Labute approximate surface area is 174 Å². The van der Waals surface area contributed by atoms with Crippen molar-refractivity contribution in [2.75, 3.05) is 11.9 Å². The highest BCUT2D eigenvalue weighted by atomic mass is 79.9. The molecule has 28 heavy (non-hydrogen) atoms. The van der Waals surface area contributed by atoms with Gasteiger partial charge in [-0.05, 0) is 49.2 Å². The molecule has 0 N–H and O–H groups in total. The summed E-state index contributed by atoms with van der Waals surface area (Å²) in [5, 5.41) is 14.7. The highest BCUT2D eigenvalue weighted by Crippen LogP contribution is 2.30. The minimum absolute atomic E-state index is 0.119. The van der Waals surface area contributed by atoms with Gasteiger partial charge in [0, 0.05) is 22.5 Å². The summed E-state index contributed by atoms with van der Waals surface area (Å²) >= 11 is 4.79. The van der Waals surface area contributed by atoms with Crippen molar-refractivity contribution in [1.82, 2.24) is 15.4 Å². The summed E-state index contributed by atoms with van der Waals surface area (Å²) in [4.78, 5) is 14.3. The number of rotatable bonds is 4. The van der Waals surface area contributed by atoms with E-state index in [1.165, 1.54) is 16.2 Å². The van der Waals surface area contributed by atoms with Crippen LogP contribution in [0.15, 0.2) is 45.4 Å². The first-order valence-electron chi connectivity index (χ1n) is 8.64. The van der Waals surface area contributed by atoms with Crippen molar-refractivity contribution in [2.24, 2.45) is 0 Å². The number of likely N-dealkylation sites (N-methyl/N-ethyl adjacent to an activating group) is 1. The maximum atomic E-state index is 12.8. The molecule has 0 spiro atoms. The highest BCUT2D eigenvalue weighted by molar-refractivity contribution is 9.10. The van der Waals surface area contributed by atoms with E-state index < -0.39 is 0 Å². The molecule has 0 aliphatic heterocycles. The number of carbonyl (C=O) groups excluding carboxylic acids is 1. The van der Waals surface area contributed by atoms with E-state index in [0.29, 0.717) is 16.4 Å². The average molecular weight is 457 g/mol. The number of aromatic nitrogens is 3. The van der Waals surface area contributed by atoms with Crippen LogP contribution in [0.3, 0.4) is 0 Å². The molecule has 0 saturated heterocycles. The summed E-state index contributed by atoms with van der Waals surface area (Å²) in [6, 6.07) is 11.8. The number of amides is 1. The molecule has 2 aromatic heterocycles.